The fourth-order valence-corrected chi connectivity index (χ4v) is 2.79. The second-order valence-corrected chi connectivity index (χ2v) is 6.79. The number of hydrogen-bond acceptors (Lipinski definition) is 2. The summed E-state index contributed by atoms with van der Waals surface area (Å²) in [5, 5.41) is 1.13. The minimum atomic E-state index is -0.0961. The molecule has 120 valence electrons. The van der Waals surface area contributed by atoms with E-state index < -0.39 is 0 Å². The lowest BCUT2D eigenvalue weighted by molar-refractivity contribution is 0.104. The molecular formula is C19H11BrCl2O2. The predicted octanol–water partition coefficient (Wildman–Crippen LogP) is 6.91. The zero-order valence-corrected chi connectivity index (χ0v) is 15.4. The Morgan fingerprint density at radius 1 is 1.00 bits per heavy atom. The minimum absolute atomic E-state index is 0.0961. The van der Waals surface area contributed by atoms with E-state index >= 15 is 0 Å². The van der Waals surface area contributed by atoms with Crippen LogP contribution in [0.25, 0.3) is 17.4 Å². The Morgan fingerprint density at radius 2 is 1.75 bits per heavy atom. The Kier molecular flexibility index (Phi) is 5.24. The Morgan fingerprint density at radius 3 is 2.50 bits per heavy atom. The summed E-state index contributed by atoms with van der Waals surface area (Å²) in [6, 6.07) is 15.9. The Balaban J connectivity index is 1.79. The molecule has 2 aromatic carbocycles. The van der Waals surface area contributed by atoms with E-state index in [0.717, 1.165) is 4.47 Å². The molecule has 0 aliphatic rings. The lowest BCUT2D eigenvalue weighted by Crippen LogP contribution is -1.92. The highest BCUT2D eigenvalue weighted by Crippen LogP contribution is 2.32. The summed E-state index contributed by atoms with van der Waals surface area (Å²) in [5.41, 5.74) is 1.32. The topological polar surface area (TPSA) is 30.2 Å². The third kappa shape index (κ3) is 3.99. The van der Waals surface area contributed by atoms with E-state index in [0.29, 0.717) is 32.7 Å². The number of rotatable bonds is 4. The van der Waals surface area contributed by atoms with Crippen molar-refractivity contribution in [1.29, 1.82) is 0 Å². The standard InChI is InChI=1S/C19H11BrCl2O2/c20-13-3-1-12(2-4-13)18(23)9-6-15-7-10-19(24-15)16-11-14(21)5-8-17(16)22/h1-11H/b9-6+. The zero-order chi connectivity index (χ0) is 17.1. The van der Waals surface area contributed by atoms with Crippen LogP contribution < -0.4 is 0 Å². The average molecular weight is 422 g/mol. The Labute approximate surface area is 157 Å². The van der Waals surface area contributed by atoms with Gasteiger partial charge in [-0.25, -0.2) is 0 Å². The molecule has 0 fully saturated rings. The van der Waals surface area contributed by atoms with Gasteiger partial charge in [-0.05, 0) is 66.7 Å². The van der Waals surface area contributed by atoms with Gasteiger partial charge in [0.1, 0.15) is 11.5 Å². The first-order valence-electron chi connectivity index (χ1n) is 7.06. The number of carbonyl (C=O) groups is 1. The molecule has 0 amide bonds. The van der Waals surface area contributed by atoms with Gasteiger partial charge in [-0.15, -0.1) is 0 Å². The summed E-state index contributed by atoms with van der Waals surface area (Å²) >= 11 is 15.5. The lowest BCUT2D eigenvalue weighted by atomic mass is 10.1. The van der Waals surface area contributed by atoms with Gasteiger partial charge in [-0.2, -0.15) is 0 Å². The number of ketones is 1. The van der Waals surface area contributed by atoms with Crippen molar-refractivity contribution in [3.05, 3.63) is 86.5 Å². The Bertz CT molecular complexity index is 911. The SMILES string of the molecule is O=C(/C=C/c1ccc(-c2cc(Cl)ccc2Cl)o1)c1ccc(Br)cc1. The van der Waals surface area contributed by atoms with Crippen molar-refractivity contribution in [3.8, 4) is 11.3 Å². The van der Waals surface area contributed by atoms with Crippen molar-refractivity contribution < 1.29 is 9.21 Å². The van der Waals surface area contributed by atoms with Crippen LogP contribution in [0, 0.1) is 0 Å². The monoisotopic (exact) mass is 420 g/mol. The first-order chi connectivity index (χ1) is 11.5. The van der Waals surface area contributed by atoms with Gasteiger partial charge in [0.05, 0.1) is 5.02 Å². The van der Waals surface area contributed by atoms with Crippen LogP contribution in [-0.2, 0) is 0 Å². The normalized spacial score (nSPS) is 11.1. The van der Waals surface area contributed by atoms with Crippen LogP contribution in [-0.4, -0.2) is 5.78 Å². The first-order valence-corrected chi connectivity index (χ1v) is 8.61. The molecule has 0 saturated carbocycles. The van der Waals surface area contributed by atoms with E-state index in [-0.39, 0.29) is 5.78 Å². The molecule has 3 rings (SSSR count). The van der Waals surface area contributed by atoms with Crippen molar-refractivity contribution in [2.75, 3.05) is 0 Å². The van der Waals surface area contributed by atoms with E-state index in [1.54, 1.807) is 48.5 Å². The highest BCUT2D eigenvalue weighted by atomic mass is 79.9. The van der Waals surface area contributed by atoms with E-state index in [4.69, 9.17) is 27.6 Å². The number of carbonyl (C=O) groups excluding carboxylic acids is 1. The van der Waals surface area contributed by atoms with Crippen LogP contribution in [0.2, 0.25) is 10.0 Å². The van der Waals surface area contributed by atoms with Crippen molar-refractivity contribution in [2.24, 2.45) is 0 Å². The second kappa shape index (κ2) is 7.39. The molecule has 24 heavy (non-hydrogen) atoms. The van der Waals surface area contributed by atoms with Crippen molar-refractivity contribution >= 4 is 51.0 Å². The average Bonchev–Trinajstić information content (AvgIpc) is 3.04. The first kappa shape index (κ1) is 17.0. The molecule has 1 heterocycles. The van der Waals surface area contributed by atoms with Gasteiger partial charge in [-0.3, -0.25) is 4.79 Å². The van der Waals surface area contributed by atoms with E-state index in [1.807, 2.05) is 12.1 Å². The molecule has 0 bridgehead atoms. The van der Waals surface area contributed by atoms with Gasteiger partial charge in [0.25, 0.3) is 0 Å². The molecule has 3 aromatic rings. The molecule has 2 nitrogen and oxygen atoms in total. The van der Waals surface area contributed by atoms with E-state index in [9.17, 15) is 4.79 Å². The fraction of sp³-hybridized carbons (Fsp3) is 0. The van der Waals surface area contributed by atoms with Crippen molar-refractivity contribution in [2.45, 2.75) is 0 Å². The summed E-state index contributed by atoms with van der Waals surface area (Å²) in [7, 11) is 0. The number of allylic oxidation sites excluding steroid dienone is 1. The van der Waals surface area contributed by atoms with Gasteiger partial charge in [0.2, 0.25) is 0 Å². The maximum Gasteiger partial charge on any atom is 0.185 e. The largest absolute Gasteiger partial charge is 0.457 e. The van der Waals surface area contributed by atoms with Gasteiger partial charge in [-0.1, -0.05) is 39.1 Å². The molecule has 0 aliphatic heterocycles. The van der Waals surface area contributed by atoms with E-state index in [1.165, 1.54) is 6.08 Å². The molecule has 5 heteroatoms. The van der Waals surface area contributed by atoms with Crippen LogP contribution in [0.15, 0.2) is 69.6 Å². The van der Waals surface area contributed by atoms with Crippen LogP contribution in [0.4, 0.5) is 0 Å². The molecule has 0 saturated heterocycles. The molecule has 0 radical (unpaired) electrons. The molecule has 0 unspecified atom stereocenters. The fourth-order valence-electron chi connectivity index (χ4n) is 2.14. The summed E-state index contributed by atoms with van der Waals surface area (Å²) in [6.07, 6.45) is 3.11. The highest BCUT2D eigenvalue weighted by Gasteiger charge is 2.09. The maximum absolute atomic E-state index is 12.1. The van der Waals surface area contributed by atoms with Gasteiger partial charge < -0.3 is 4.42 Å². The maximum atomic E-state index is 12.1. The van der Waals surface area contributed by atoms with Gasteiger partial charge in [0, 0.05) is 20.6 Å². The number of benzene rings is 2. The molecule has 0 aliphatic carbocycles. The summed E-state index contributed by atoms with van der Waals surface area (Å²) < 4.78 is 6.65. The molecule has 0 N–H and O–H groups in total. The zero-order valence-electron chi connectivity index (χ0n) is 12.3. The highest BCUT2D eigenvalue weighted by molar-refractivity contribution is 9.10. The second-order valence-electron chi connectivity index (χ2n) is 5.03. The van der Waals surface area contributed by atoms with Crippen LogP contribution in [0.3, 0.4) is 0 Å². The Hall–Kier alpha value is -1.81. The van der Waals surface area contributed by atoms with Crippen LogP contribution >= 0.6 is 39.1 Å². The predicted molar refractivity (Wildman–Crippen MR) is 102 cm³/mol. The summed E-state index contributed by atoms with van der Waals surface area (Å²) in [4.78, 5) is 12.1. The minimum Gasteiger partial charge on any atom is -0.457 e. The van der Waals surface area contributed by atoms with Crippen molar-refractivity contribution in [3.63, 3.8) is 0 Å². The summed E-state index contributed by atoms with van der Waals surface area (Å²) in [6.45, 7) is 0. The number of halogens is 3. The molecular weight excluding hydrogens is 411 g/mol. The third-order valence-electron chi connectivity index (χ3n) is 3.35. The lowest BCUT2D eigenvalue weighted by Gasteiger charge is -2.01. The molecule has 1 aromatic heterocycles. The smallest absolute Gasteiger partial charge is 0.185 e. The van der Waals surface area contributed by atoms with Crippen LogP contribution in [0.5, 0.6) is 0 Å². The van der Waals surface area contributed by atoms with E-state index in [2.05, 4.69) is 15.9 Å². The molecule has 0 atom stereocenters. The number of hydrogen-bond donors (Lipinski definition) is 0. The number of furan rings is 1. The van der Waals surface area contributed by atoms with Gasteiger partial charge in [0.15, 0.2) is 5.78 Å². The summed E-state index contributed by atoms with van der Waals surface area (Å²) in [5.74, 6) is 1.06. The van der Waals surface area contributed by atoms with Crippen molar-refractivity contribution in [1.82, 2.24) is 0 Å². The quantitative estimate of drug-likeness (QED) is 0.338. The molecule has 0 spiro atoms. The third-order valence-corrected chi connectivity index (χ3v) is 4.44. The van der Waals surface area contributed by atoms with Crippen LogP contribution in [0.1, 0.15) is 16.1 Å². The van der Waals surface area contributed by atoms with Gasteiger partial charge >= 0.3 is 0 Å².